The van der Waals surface area contributed by atoms with E-state index in [9.17, 15) is 14.4 Å². The molecule has 8 rings (SSSR count). The van der Waals surface area contributed by atoms with Crippen LogP contribution in [0.15, 0.2) is 60.8 Å². The van der Waals surface area contributed by atoms with E-state index in [0.717, 1.165) is 70.7 Å². The predicted octanol–water partition coefficient (Wildman–Crippen LogP) is 9.68. The number of rotatable bonds is 8. The Morgan fingerprint density at radius 2 is 1.46 bits per heavy atom. The summed E-state index contributed by atoms with van der Waals surface area (Å²) < 4.78 is 12.9. The van der Waals surface area contributed by atoms with Crippen molar-refractivity contribution in [2.24, 2.45) is 5.92 Å². The Morgan fingerprint density at radius 3 is 2.12 bits per heavy atom. The van der Waals surface area contributed by atoms with Crippen molar-refractivity contribution in [3.8, 4) is 32.1 Å². The minimum absolute atomic E-state index is 0.0939. The summed E-state index contributed by atoms with van der Waals surface area (Å²) in [6.45, 7) is 10.8. The molecule has 6 aromatic rings. The van der Waals surface area contributed by atoms with Gasteiger partial charge in [0.15, 0.2) is 0 Å². The number of hydrogen-bond donors (Lipinski definition) is 3. The number of carbonyl (C=O) groups is 3. The van der Waals surface area contributed by atoms with E-state index in [4.69, 9.17) is 14.5 Å². The number of carbonyl (C=O) groups excluding carboxylic acids is 3. The summed E-state index contributed by atoms with van der Waals surface area (Å²) in [5, 5.41) is 2.72. The molecule has 56 heavy (non-hydrogen) atoms. The minimum atomic E-state index is -0.676. The van der Waals surface area contributed by atoms with Gasteiger partial charge in [-0.25, -0.2) is 19.6 Å². The average Bonchev–Trinajstić information content (AvgIpc) is 4.01. The Morgan fingerprint density at radius 1 is 0.839 bits per heavy atom. The fraction of sp³-hybridized carbons (Fsp3) is 0.405. The first kappa shape index (κ1) is 37.7. The van der Waals surface area contributed by atoms with Crippen LogP contribution < -0.4 is 5.32 Å². The van der Waals surface area contributed by atoms with Crippen LogP contribution in [0.4, 0.5) is 9.59 Å². The predicted molar refractivity (Wildman–Crippen MR) is 221 cm³/mol. The van der Waals surface area contributed by atoms with Gasteiger partial charge in [0.2, 0.25) is 5.91 Å². The number of thiophene rings is 2. The number of aromatic nitrogens is 4. The number of amides is 3. The number of imidazole rings is 2. The molecule has 0 bridgehead atoms. The van der Waals surface area contributed by atoms with E-state index in [1.807, 2.05) is 51.8 Å². The topological polar surface area (TPSA) is 146 Å². The molecule has 2 fully saturated rings. The summed E-state index contributed by atoms with van der Waals surface area (Å²) >= 11 is 3.55. The SMILES string of the molecule is COC(=O)N[C@H](C(=O)N1CCC[C@H]1c1nc2ccc(-c3cc4sc(-c5ccc(-c6cnc([C@@H]7CCCN7C(=O)OC(C)(C)C)[nH]6)cc5)cc4s3)cc2[nH]1)C(C)C. The fourth-order valence-electron chi connectivity index (χ4n) is 7.71. The Labute approximate surface area is 333 Å². The first-order chi connectivity index (χ1) is 26.8. The van der Waals surface area contributed by atoms with Gasteiger partial charge in [0.1, 0.15) is 23.3 Å². The van der Waals surface area contributed by atoms with Gasteiger partial charge < -0.3 is 29.7 Å². The molecular formula is C42H47N7O5S2. The number of aromatic amines is 2. The van der Waals surface area contributed by atoms with Crippen LogP contribution in [0.1, 0.15) is 84.0 Å². The molecule has 0 radical (unpaired) electrons. The second kappa shape index (κ2) is 15.0. The Balaban J connectivity index is 0.954. The van der Waals surface area contributed by atoms with Crippen LogP contribution in [0.5, 0.6) is 0 Å². The number of alkyl carbamates (subject to hydrolysis) is 1. The third-order valence-corrected chi connectivity index (χ3v) is 12.9. The largest absolute Gasteiger partial charge is 0.453 e. The van der Waals surface area contributed by atoms with Crippen molar-refractivity contribution >= 4 is 61.2 Å². The third kappa shape index (κ3) is 7.51. The summed E-state index contributed by atoms with van der Waals surface area (Å²) in [6.07, 6.45) is 4.37. The van der Waals surface area contributed by atoms with Gasteiger partial charge in [-0.15, -0.1) is 22.7 Å². The lowest BCUT2D eigenvalue weighted by atomic mass is 10.0. The molecule has 2 aliphatic heterocycles. The van der Waals surface area contributed by atoms with E-state index in [2.05, 4.69) is 68.8 Å². The molecular weight excluding hydrogens is 747 g/mol. The maximum atomic E-state index is 13.6. The zero-order valence-electron chi connectivity index (χ0n) is 32.5. The van der Waals surface area contributed by atoms with Crippen LogP contribution in [-0.4, -0.2) is 79.7 Å². The highest BCUT2D eigenvalue weighted by molar-refractivity contribution is 7.31. The number of H-pyrrole nitrogens is 2. The lowest BCUT2D eigenvalue weighted by Gasteiger charge is -2.29. The maximum Gasteiger partial charge on any atom is 0.410 e. The molecule has 3 N–H and O–H groups in total. The van der Waals surface area contributed by atoms with E-state index in [-0.39, 0.29) is 30.0 Å². The molecule has 292 valence electrons. The number of fused-ring (bicyclic) bond motifs is 2. The highest BCUT2D eigenvalue weighted by Crippen LogP contribution is 2.43. The minimum Gasteiger partial charge on any atom is -0.453 e. The lowest BCUT2D eigenvalue weighted by molar-refractivity contribution is -0.135. The normalized spacial score (nSPS) is 18.0. The number of likely N-dealkylation sites (tertiary alicyclic amines) is 2. The van der Waals surface area contributed by atoms with Gasteiger partial charge in [0, 0.05) is 32.2 Å². The van der Waals surface area contributed by atoms with Crippen LogP contribution in [0.3, 0.4) is 0 Å². The lowest BCUT2D eigenvalue weighted by Crippen LogP contribution is -2.51. The highest BCUT2D eigenvalue weighted by atomic mass is 32.1. The molecule has 0 saturated carbocycles. The Hall–Kier alpha value is -5.21. The van der Waals surface area contributed by atoms with Crippen LogP contribution in [-0.2, 0) is 14.3 Å². The zero-order chi connectivity index (χ0) is 39.3. The second-order valence-electron chi connectivity index (χ2n) is 15.9. The molecule has 3 amide bonds. The number of ether oxygens (including phenoxy) is 2. The molecule has 14 heteroatoms. The van der Waals surface area contributed by atoms with Crippen molar-refractivity contribution in [3.63, 3.8) is 0 Å². The zero-order valence-corrected chi connectivity index (χ0v) is 34.1. The molecule has 3 atom stereocenters. The molecule has 2 saturated heterocycles. The van der Waals surface area contributed by atoms with Gasteiger partial charge >= 0.3 is 12.2 Å². The molecule has 0 unspecified atom stereocenters. The van der Waals surface area contributed by atoms with E-state index in [1.165, 1.54) is 26.3 Å². The van der Waals surface area contributed by atoms with Crippen molar-refractivity contribution in [2.75, 3.05) is 20.2 Å². The van der Waals surface area contributed by atoms with E-state index < -0.39 is 17.7 Å². The molecule has 12 nitrogen and oxygen atoms in total. The average molecular weight is 794 g/mol. The van der Waals surface area contributed by atoms with Gasteiger partial charge in [0.25, 0.3) is 0 Å². The summed E-state index contributed by atoms with van der Waals surface area (Å²) in [5.41, 5.74) is 5.46. The Kier molecular flexibility index (Phi) is 10.1. The smallest absolute Gasteiger partial charge is 0.410 e. The highest BCUT2D eigenvalue weighted by Gasteiger charge is 2.38. The van der Waals surface area contributed by atoms with Gasteiger partial charge in [-0.05, 0) is 93.3 Å². The van der Waals surface area contributed by atoms with Crippen LogP contribution in [0.25, 0.3) is 52.6 Å². The standard InChI is InChI=1S/C42H47N7O5S2/c1-23(2)36(47-40(51)53-6)39(50)48-17-7-10-31(48)38-44-27-16-15-26(19-28(27)45-38)33-21-35-34(56-33)20-32(55-35)25-13-11-24(12-14-25)29-22-43-37(46-29)30-9-8-18-49(30)41(52)54-42(3,4)5/h11-16,19-23,30-31,36H,7-10,17-18H2,1-6H3,(H,43,46)(H,44,45)(H,47,51)/t30-,31-,36-/m0/s1. The van der Waals surface area contributed by atoms with Crippen LogP contribution in [0, 0.1) is 5.92 Å². The number of benzene rings is 2. The van der Waals surface area contributed by atoms with Gasteiger partial charge in [0.05, 0.1) is 42.1 Å². The molecule has 6 heterocycles. The van der Waals surface area contributed by atoms with Crippen molar-refractivity contribution in [3.05, 3.63) is 72.4 Å². The van der Waals surface area contributed by atoms with Crippen molar-refractivity contribution in [2.45, 2.75) is 84.0 Å². The van der Waals surface area contributed by atoms with Crippen LogP contribution in [0.2, 0.25) is 0 Å². The quantitative estimate of drug-likeness (QED) is 0.139. The van der Waals surface area contributed by atoms with E-state index in [1.54, 1.807) is 27.6 Å². The molecule has 2 aliphatic rings. The first-order valence-electron chi connectivity index (χ1n) is 19.2. The fourth-order valence-corrected chi connectivity index (χ4v) is 10.1. The Bertz CT molecular complexity index is 2370. The maximum absolute atomic E-state index is 13.6. The number of methoxy groups -OCH3 is 1. The molecule has 2 aromatic carbocycles. The van der Waals surface area contributed by atoms with Crippen molar-refractivity contribution in [1.82, 2.24) is 35.1 Å². The number of nitrogens with one attached hydrogen (secondary N) is 3. The van der Waals surface area contributed by atoms with Crippen molar-refractivity contribution < 1.29 is 23.9 Å². The summed E-state index contributed by atoms with van der Waals surface area (Å²) in [5.74, 6) is 1.33. The molecule has 4 aromatic heterocycles. The molecule has 0 spiro atoms. The summed E-state index contributed by atoms with van der Waals surface area (Å²) in [6, 6.07) is 18.3. The third-order valence-electron chi connectivity index (χ3n) is 10.5. The second-order valence-corrected chi connectivity index (χ2v) is 18.1. The van der Waals surface area contributed by atoms with Gasteiger partial charge in [-0.2, -0.15) is 0 Å². The summed E-state index contributed by atoms with van der Waals surface area (Å²) in [4.78, 5) is 61.0. The monoisotopic (exact) mass is 793 g/mol. The van der Waals surface area contributed by atoms with Crippen molar-refractivity contribution in [1.29, 1.82) is 0 Å². The number of nitrogens with zero attached hydrogens (tertiary/aromatic N) is 4. The van der Waals surface area contributed by atoms with Crippen LogP contribution >= 0.6 is 22.7 Å². The van der Waals surface area contributed by atoms with E-state index >= 15 is 0 Å². The summed E-state index contributed by atoms with van der Waals surface area (Å²) in [7, 11) is 1.30. The molecule has 0 aliphatic carbocycles. The van der Waals surface area contributed by atoms with Gasteiger partial charge in [-0.1, -0.05) is 44.2 Å². The first-order valence-corrected chi connectivity index (χ1v) is 20.8. The number of hydrogen-bond acceptors (Lipinski definition) is 9. The van der Waals surface area contributed by atoms with Gasteiger partial charge in [-0.3, -0.25) is 9.69 Å². The van der Waals surface area contributed by atoms with E-state index in [0.29, 0.717) is 13.1 Å².